The molecule has 1 aromatic carbocycles. The van der Waals surface area contributed by atoms with Crippen LogP contribution in [0.3, 0.4) is 0 Å². The summed E-state index contributed by atoms with van der Waals surface area (Å²) < 4.78 is 5.54. The molecule has 0 amide bonds. The quantitative estimate of drug-likeness (QED) is 0.297. The van der Waals surface area contributed by atoms with Crippen molar-refractivity contribution in [1.29, 1.82) is 0 Å². The first-order valence-electron chi connectivity index (χ1n) is 11.4. The van der Waals surface area contributed by atoms with E-state index in [9.17, 15) is 0 Å². The van der Waals surface area contributed by atoms with E-state index in [1.165, 1.54) is 5.56 Å². The van der Waals surface area contributed by atoms with Crippen molar-refractivity contribution in [2.75, 3.05) is 58.4 Å². The standard InChI is InChI=1S/C24H38N6O.HI/c1-6-25-24(27-17-22(18(2)3)30-11-13-31-14-12-30)26-16-19-15-23(29(4)5)28-21-10-8-7-9-20(19)21;/h7-10,15,18,22H,6,11-14,16-17H2,1-5H3,(H2,25,26,27);1H. The lowest BCUT2D eigenvalue weighted by atomic mass is 10.0. The Balaban J connectivity index is 0.00000363. The van der Waals surface area contributed by atoms with Gasteiger partial charge in [0.15, 0.2) is 5.96 Å². The van der Waals surface area contributed by atoms with Crippen molar-refractivity contribution in [3.8, 4) is 0 Å². The van der Waals surface area contributed by atoms with Crippen molar-refractivity contribution in [2.24, 2.45) is 10.9 Å². The first kappa shape index (κ1) is 26.6. The zero-order valence-corrected chi connectivity index (χ0v) is 22.4. The molecule has 0 aliphatic carbocycles. The Kier molecular flexibility index (Phi) is 10.9. The molecule has 178 valence electrons. The second kappa shape index (κ2) is 13.2. The van der Waals surface area contributed by atoms with Gasteiger partial charge >= 0.3 is 0 Å². The Hall–Kier alpha value is -1.65. The third-order valence-electron chi connectivity index (χ3n) is 5.76. The number of aliphatic imine (C=N–C) groups is 1. The zero-order valence-electron chi connectivity index (χ0n) is 20.1. The van der Waals surface area contributed by atoms with Crippen LogP contribution < -0.4 is 15.5 Å². The number of halogens is 1. The van der Waals surface area contributed by atoms with Crippen molar-refractivity contribution < 1.29 is 4.74 Å². The van der Waals surface area contributed by atoms with Crippen LogP contribution in [0.25, 0.3) is 10.9 Å². The van der Waals surface area contributed by atoms with Gasteiger partial charge in [-0.15, -0.1) is 24.0 Å². The van der Waals surface area contributed by atoms with Crippen LogP contribution in [0.5, 0.6) is 0 Å². The highest BCUT2D eigenvalue weighted by Crippen LogP contribution is 2.22. The molecule has 0 radical (unpaired) electrons. The SMILES string of the molecule is CCNC(=NCc1cc(N(C)C)nc2ccccc12)NCC(C(C)C)N1CCOCC1.I. The molecule has 0 spiro atoms. The topological polar surface area (TPSA) is 65.0 Å². The first-order chi connectivity index (χ1) is 15.0. The molecular formula is C24H39IN6O. The lowest BCUT2D eigenvalue weighted by Crippen LogP contribution is -2.52. The highest BCUT2D eigenvalue weighted by Gasteiger charge is 2.23. The zero-order chi connectivity index (χ0) is 22.2. The lowest BCUT2D eigenvalue weighted by Gasteiger charge is -2.37. The summed E-state index contributed by atoms with van der Waals surface area (Å²) in [4.78, 5) is 14.2. The van der Waals surface area contributed by atoms with Crippen molar-refractivity contribution in [2.45, 2.75) is 33.4 Å². The van der Waals surface area contributed by atoms with Gasteiger partial charge in [0.05, 0.1) is 25.3 Å². The van der Waals surface area contributed by atoms with Crippen molar-refractivity contribution in [3.63, 3.8) is 0 Å². The van der Waals surface area contributed by atoms with Crippen LogP contribution in [0.2, 0.25) is 0 Å². The van der Waals surface area contributed by atoms with Gasteiger partial charge in [0.25, 0.3) is 0 Å². The molecule has 1 aromatic heterocycles. The molecule has 1 atom stereocenters. The number of nitrogens with one attached hydrogen (secondary N) is 2. The maximum Gasteiger partial charge on any atom is 0.191 e. The van der Waals surface area contributed by atoms with Crippen LogP contribution in [-0.2, 0) is 11.3 Å². The number of rotatable bonds is 8. The van der Waals surface area contributed by atoms with Crippen molar-refractivity contribution in [3.05, 3.63) is 35.9 Å². The number of nitrogens with zero attached hydrogens (tertiary/aromatic N) is 4. The molecule has 0 bridgehead atoms. The molecular weight excluding hydrogens is 515 g/mol. The lowest BCUT2D eigenvalue weighted by molar-refractivity contribution is 0.00752. The maximum absolute atomic E-state index is 5.54. The third kappa shape index (κ3) is 7.18. The minimum atomic E-state index is 0. The van der Waals surface area contributed by atoms with Gasteiger partial charge in [0.2, 0.25) is 0 Å². The number of para-hydroxylation sites is 1. The Morgan fingerprint density at radius 2 is 1.91 bits per heavy atom. The summed E-state index contributed by atoms with van der Waals surface area (Å²) >= 11 is 0. The van der Waals surface area contributed by atoms with Crippen LogP contribution >= 0.6 is 24.0 Å². The van der Waals surface area contributed by atoms with Crippen LogP contribution in [0.1, 0.15) is 26.3 Å². The van der Waals surface area contributed by atoms with Gasteiger partial charge in [-0.1, -0.05) is 32.0 Å². The van der Waals surface area contributed by atoms with Gasteiger partial charge < -0.3 is 20.3 Å². The number of pyridine rings is 1. The average Bonchev–Trinajstić information content (AvgIpc) is 2.77. The smallest absolute Gasteiger partial charge is 0.191 e. The molecule has 2 aromatic rings. The molecule has 1 unspecified atom stereocenters. The fourth-order valence-electron chi connectivity index (χ4n) is 3.99. The summed E-state index contributed by atoms with van der Waals surface area (Å²) in [7, 11) is 4.04. The van der Waals surface area contributed by atoms with E-state index in [0.29, 0.717) is 18.5 Å². The number of hydrogen-bond acceptors (Lipinski definition) is 5. The number of aromatic nitrogens is 1. The molecule has 3 rings (SSSR count). The number of anilines is 1. The Labute approximate surface area is 210 Å². The summed E-state index contributed by atoms with van der Waals surface area (Å²) in [5, 5.41) is 8.14. The molecule has 2 N–H and O–H groups in total. The fourth-order valence-corrected chi connectivity index (χ4v) is 3.99. The second-order valence-corrected chi connectivity index (χ2v) is 8.59. The number of ether oxygens (including phenoxy) is 1. The number of fused-ring (bicyclic) bond motifs is 1. The molecule has 0 saturated carbocycles. The summed E-state index contributed by atoms with van der Waals surface area (Å²) in [5.74, 6) is 2.36. The van der Waals surface area contributed by atoms with E-state index in [1.807, 2.05) is 25.1 Å². The van der Waals surface area contributed by atoms with Gasteiger partial charge in [-0.2, -0.15) is 0 Å². The minimum Gasteiger partial charge on any atom is -0.379 e. The summed E-state index contributed by atoms with van der Waals surface area (Å²) in [6.07, 6.45) is 0. The number of benzene rings is 1. The summed E-state index contributed by atoms with van der Waals surface area (Å²) in [6.45, 7) is 12.6. The fraction of sp³-hybridized carbons (Fsp3) is 0.583. The van der Waals surface area contributed by atoms with Crippen LogP contribution in [-0.4, -0.2) is 75.4 Å². The van der Waals surface area contributed by atoms with Gasteiger partial charge in [-0.05, 0) is 30.5 Å². The van der Waals surface area contributed by atoms with Crippen LogP contribution in [0.4, 0.5) is 5.82 Å². The number of morpholine rings is 1. The molecule has 1 aliphatic heterocycles. The van der Waals surface area contributed by atoms with Crippen LogP contribution in [0, 0.1) is 5.92 Å². The Morgan fingerprint density at radius 3 is 2.56 bits per heavy atom. The van der Waals surface area contributed by atoms with Gasteiger partial charge in [-0.3, -0.25) is 4.90 Å². The van der Waals surface area contributed by atoms with E-state index in [1.54, 1.807) is 0 Å². The summed E-state index contributed by atoms with van der Waals surface area (Å²) in [6, 6.07) is 10.9. The van der Waals surface area contributed by atoms with E-state index in [4.69, 9.17) is 14.7 Å². The van der Waals surface area contributed by atoms with E-state index < -0.39 is 0 Å². The molecule has 7 nitrogen and oxygen atoms in total. The largest absolute Gasteiger partial charge is 0.379 e. The van der Waals surface area contributed by atoms with Gasteiger partial charge in [-0.25, -0.2) is 9.98 Å². The van der Waals surface area contributed by atoms with E-state index >= 15 is 0 Å². The van der Waals surface area contributed by atoms with Crippen LogP contribution in [0.15, 0.2) is 35.3 Å². The van der Waals surface area contributed by atoms with E-state index in [2.05, 4.69) is 60.6 Å². The highest BCUT2D eigenvalue weighted by atomic mass is 127. The van der Waals surface area contributed by atoms with E-state index in [0.717, 1.165) is 62.1 Å². The predicted molar refractivity (Wildman–Crippen MR) is 145 cm³/mol. The normalized spacial score (nSPS) is 16.0. The Morgan fingerprint density at radius 1 is 1.19 bits per heavy atom. The second-order valence-electron chi connectivity index (χ2n) is 8.59. The number of hydrogen-bond donors (Lipinski definition) is 2. The molecule has 2 heterocycles. The summed E-state index contributed by atoms with van der Waals surface area (Å²) in [5.41, 5.74) is 2.18. The highest BCUT2D eigenvalue weighted by molar-refractivity contribution is 14.0. The predicted octanol–water partition coefficient (Wildman–Crippen LogP) is 3.33. The Bertz CT molecular complexity index is 867. The van der Waals surface area contributed by atoms with Gasteiger partial charge in [0, 0.05) is 51.7 Å². The molecule has 1 fully saturated rings. The van der Waals surface area contributed by atoms with Gasteiger partial charge in [0.1, 0.15) is 5.82 Å². The van der Waals surface area contributed by atoms with Crippen molar-refractivity contribution >= 4 is 46.7 Å². The minimum absolute atomic E-state index is 0. The average molecular weight is 555 g/mol. The van der Waals surface area contributed by atoms with Crippen molar-refractivity contribution in [1.82, 2.24) is 20.5 Å². The third-order valence-corrected chi connectivity index (χ3v) is 5.76. The molecule has 8 heteroatoms. The first-order valence-corrected chi connectivity index (χ1v) is 11.4. The number of guanidine groups is 1. The molecule has 1 saturated heterocycles. The van der Waals surface area contributed by atoms with E-state index in [-0.39, 0.29) is 24.0 Å². The monoisotopic (exact) mass is 554 g/mol. The molecule has 1 aliphatic rings. The maximum atomic E-state index is 5.54. The molecule has 32 heavy (non-hydrogen) atoms.